The van der Waals surface area contributed by atoms with Crippen LogP contribution >= 0.6 is 23.2 Å². The van der Waals surface area contributed by atoms with Gasteiger partial charge in [0.05, 0.1) is 13.0 Å². The van der Waals surface area contributed by atoms with Crippen molar-refractivity contribution in [1.82, 2.24) is 0 Å². The number of benzene rings is 1. The molecule has 1 aromatic rings. The van der Waals surface area contributed by atoms with E-state index in [1.165, 1.54) is 0 Å². The van der Waals surface area contributed by atoms with Crippen molar-refractivity contribution in [2.45, 2.75) is 12.8 Å². The maximum Gasteiger partial charge on any atom is 0.125 e. The fourth-order valence-electron chi connectivity index (χ4n) is 1.05. The number of halogens is 2. The fourth-order valence-corrected chi connectivity index (χ4v) is 1.73. The van der Waals surface area contributed by atoms with Crippen LogP contribution in [0.25, 0.3) is 0 Å². The molecule has 0 spiro atoms. The van der Waals surface area contributed by atoms with Crippen LogP contribution < -0.4 is 4.74 Å². The van der Waals surface area contributed by atoms with Crippen molar-refractivity contribution >= 4 is 23.2 Å². The van der Waals surface area contributed by atoms with Crippen molar-refractivity contribution in [3.05, 3.63) is 28.3 Å². The number of hydrogen-bond acceptors (Lipinski definition) is 1. The van der Waals surface area contributed by atoms with Gasteiger partial charge in [-0.3, -0.25) is 0 Å². The zero-order valence-electron chi connectivity index (χ0n) is 7.03. The summed E-state index contributed by atoms with van der Waals surface area (Å²) in [6.07, 6.45) is 0. The van der Waals surface area contributed by atoms with Gasteiger partial charge in [0.2, 0.25) is 0 Å². The lowest BCUT2D eigenvalue weighted by atomic mass is 10.1. The molecule has 12 heavy (non-hydrogen) atoms. The number of ether oxygens (including phenoxy) is 1. The molecule has 66 valence electrons. The number of hydrogen-bond donors (Lipinski definition) is 0. The minimum absolute atomic E-state index is 0.377. The third kappa shape index (κ3) is 1.85. The van der Waals surface area contributed by atoms with Gasteiger partial charge in [-0.15, -0.1) is 11.6 Å². The van der Waals surface area contributed by atoms with E-state index < -0.39 is 0 Å². The monoisotopic (exact) mass is 204 g/mol. The lowest BCUT2D eigenvalue weighted by molar-refractivity contribution is 0.411. The van der Waals surface area contributed by atoms with Gasteiger partial charge < -0.3 is 4.74 Å². The highest BCUT2D eigenvalue weighted by Gasteiger charge is 2.06. The standard InChI is InChI=1S/C9H10Cl2O/c1-6-3-8(11)7(5-10)9(4-6)12-2/h3-4H,5H2,1-2H3. The molecule has 0 bridgehead atoms. The molecule has 1 nitrogen and oxygen atoms in total. The summed E-state index contributed by atoms with van der Waals surface area (Å²) in [5, 5.41) is 0.668. The average molecular weight is 205 g/mol. The summed E-state index contributed by atoms with van der Waals surface area (Å²) in [4.78, 5) is 0. The predicted molar refractivity (Wildman–Crippen MR) is 52.3 cm³/mol. The number of rotatable bonds is 2. The van der Waals surface area contributed by atoms with Gasteiger partial charge in [0, 0.05) is 10.6 Å². The molecule has 0 aliphatic carbocycles. The van der Waals surface area contributed by atoms with Crippen LogP contribution in [-0.2, 0) is 5.88 Å². The summed E-state index contributed by atoms with van der Waals surface area (Å²) in [5.74, 6) is 1.14. The van der Waals surface area contributed by atoms with Crippen molar-refractivity contribution in [2.24, 2.45) is 0 Å². The molecule has 0 saturated heterocycles. The Balaban J connectivity index is 3.24. The lowest BCUT2D eigenvalue weighted by Crippen LogP contribution is -1.91. The largest absolute Gasteiger partial charge is 0.496 e. The molecule has 0 fully saturated rings. The number of alkyl halides is 1. The van der Waals surface area contributed by atoms with E-state index in [1.54, 1.807) is 7.11 Å². The molecule has 0 unspecified atom stereocenters. The highest BCUT2D eigenvalue weighted by Crippen LogP contribution is 2.29. The molecular weight excluding hydrogens is 195 g/mol. The van der Waals surface area contributed by atoms with E-state index in [2.05, 4.69) is 0 Å². The van der Waals surface area contributed by atoms with Gasteiger partial charge in [0.1, 0.15) is 5.75 Å². The highest BCUT2D eigenvalue weighted by molar-refractivity contribution is 6.32. The molecular formula is C9H10Cl2O. The van der Waals surface area contributed by atoms with Gasteiger partial charge in [0.25, 0.3) is 0 Å². The second-order valence-electron chi connectivity index (χ2n) is 2.56. The first kappa shape index (κ1) is 9.69. The van der Waals surface area contributed by atoms with E-state index in [1.807, 2.05) is 19.1 Å². The summed E-state index contributed by atoms with van der Waals surface area (Å²) < 4.78 is 5.13. The quantitative estimate of drug-likeness (QED) is 0.672. The van der Waals surface area contributed by atoms with Crippen LogP contribution in [0.3, 0.4) is 0 Å². The molecule has 0 N–H and O–H groups in total. The molecule has 0 atom stereocenters. The van der Waals surface area contributed by atoms with Crippen molar-refractivity contribution < 1.29 is 4.74 Å². The molecule has 1 aromatic carbocycles. The molecule has 0 amide bonds. The van der Waals surface area contributed by atoms with Crippen LogP contribution in [0.15, 0.2) is 12.1 Å². The minimum atomic E-state index is 0.377. The zero-order valence-corrected chi connectivity index (χ0v) is 8.54. The van der Waals surface area contributed by atoms with Crippen LogP contribution in [0.4, 0.5) is 0 Å². The maximum absolute atomic E-state index is 5.95. The third-order valence-corrected chi connectivity index (χ3v) is 2.26. The van der Waals surface area contributed by atoms with Crippen LogP contribution in [0.5, 0.6) is 5.75 Å². The first-order valence-electron chi connectivity index (χ1n) is 3.58. The first-order chi connectivity index (χ1) is 5.69. The Morgan fingerprint density at radius 3 is 2.58 bits per heavy atom. The Bertz CT molecular complexity index is 284. The van der Waals surface area contributed by atoms with Gasteiger partial charge in [-0.1, -0.05) is 11.6 Å². The molecule has 0 radical (unpaired) electrons. The topological polar surface area (TPSA) is 9.23 Å². The second kappa shape index (κ2) is 4.01. The molecule has 0 aliphatic rings. The Hall–Kier alpha value is -0.400. The van der Waals surface area contributed by atoms with Gasteiger partial charge in [0.15, 0.2) is 0 Å². The summed E-state index contributed by atoms with van der Waals surface area (Å²) >= 11 is 11.7. The molecule has 0 aromatic heterocycles. The minimum Gasteiger partial charge on any atom is -0.496 e. The van der Waals surface area contributed by atoms with E-state index in [-0.39, 0.29) is 0 Å². The Morgan fingerprint density at radius 1 is 1.42 bits per heavy atom. The van der Waals surface area contributed by atoms with E-state index in [4.69, 9.17) is 27.9 Å². The van der Waals surface area contributed by atoms with E-state index in [9.17, 15) is 0 Å². The molecule has 0 aliphatic heterocycles. The predicted octanol–water partition coefficient (Wildman–Crippen LogP) is 3.40. The van der Waals surface area contributed by atoms with Crippen molar-refractivity contribution in [3.63, 3.8) is 0 Å². The van der Waals surface area contributed by atoms with Gasteiger partial charge in [-0.25, -0.2) is 0 Å². The molecule has 0 saturated carbocycles. The summed E-state index contributed by atoms with van der Waals surface area (Å²) in [6, 6.07) is 3.80. The van der Waals surface area contributed by atoms with Crippen LogP contribution in [-0.4, -0.2) is 7.11 Å². The lowest BCUT2D eigenvalue weighted by Gasteiger charge is -2.08. The van der Waals surface area contributed by atoms with Crippen LogP contribution in [0.1, 0.15) is 11.1 Å². The molecule has 3 heteroatoms. The molecule has 0 heterocycles. The van der Waals surface area contributed by atoms with E-state index in [0.29, 0.717) is 10.9 Å². The number of aryl methyl sites for hydroxylation is 1. The van der Waals surface area contributed by atoms with Crippen molar-refractivity contribution in [1.29, 1.82) is 0 Å². The van der Waals surface area contributed by atoms with Gasteiger partial charge in [-0.2, -0.15) is 0 Å². The normalized spacial score (nSPS) is 10.0. The summed E-state index contributed by atoms with van der Waals surface area (Å²) in [5.41, 5.74) is 1.93. The summed E-state index contributed by atoms with van der Waals surface area (Å²) in [6.45, 7) is 1.96. The maximum atomic E-state index is 5.95. The zero-order chi connectivity index (χ0) is 9.14. The highest BCUT2D eigenvalue weighted by atomic mass is 35.5. The smallest absolute Gasteiger partial charge is 0.125 e. The Labute approximate surface area is 82.2 Å². The van der Waals surface area contributed by atoms with Gasteiger partial charge >= 0.3 is 0 Å². The van der Waals surface area contributed by atoms with Crippen LogP contribution in [0, 0.1) is 6.92 Å². The summed E-state index contributed by atoms with van der Waals surface area (Å²) in [7, 11) is 1.61. The Morgan fingerprint density at radius 2 is 2.08 bits per heavy atom. The SMILES string of the molecule is COc1cc(C)cc(Cl)c1CCl. The fraction of sp³-hybridized carbons (Fsp3) is 0.333. The van der Waals surface area contributed by atoms with Crippen molar-refractivity contribution in [2.75, 3.05) is 7.11 Å². The van der Waals surface area contributed by atoms with E-state index >= 15 is 0 Å². The number of methoxy groups -OCH3 is 1. The second-order valence-corrected chi connectivity index (χ2v) is 3.24. The van der Waals surface area contributed by atoms with E-state index in [0.717, 1.165) is 16.9 Å². The first-order valence-corrected chi connectivity index (χ1v) is 4.49. The average Bonchev–Trinajstić information content (AvgIpc) is 2.03. The van der Waals surface area contributed by atoms with Crippen molar-refractivity contribution in [3.8, 4) is 5.75 Å². The third-order valence-electron chi connectivity index (χ3n) is 1.65. The molecule has 1 rings (SSSR count). The van der Waals surface area contributed by atoms with Gasteiger partial charge in [-0.05, 0) is 24.6 Å². The Kier molecular flexibility index (Phi) is 3.24. The van der Waals surface area contributed by atoms with Crippen LogP contribution in [0.2, 0.25) is 5.02 Å².